The van der Waals surface area contributed by atoms with Crippen molar-refractivity contribution in [2.24, 2.45) is 0 Å². The summed E-state index contributed by atoms with van der Waals surface area (Å²) in [5.74, 6) is 1.65. The van der Waals surface area contributed by atoms with Crippen molar-refractivity contribution in [3.05, 3.63) is 29.8 Å². The van der Waals surface area contributed by atoms with Gasteiger partial charge < -0.3 is 14.5 Å². The Morgan fingerprint density at radius 1 is 1.09 bits per heavy atom. The molecule has 1 aliphatic heterocycles. The van der Waals surface area contributed by atoms with E-state index < -0.39 is 0 Å². The van der Waals surface area contributed by atoms with E-state index in [1.165, 1.54) is 44.7 Å². The number of ether oxygens (including phenoxy) is 1. The van der Waals surface area contributed by atoms with Crippen molar-refractivity contribution in [3.8, 4) is 5.75 Å². The highest BCUT2D eigenvalue weighted by molar-refractivity contribution is 5.35. The van der Waals surface area contributed by atoms with Gasteiger partial charge in [-0.15, -0.1) is 0 Å². The molecule has 1 aromatic rings. The molecular formula is C19H32N2O. The molecule has 0 radical (unpaired) electrons. The Hall–Kier alpha value is -1.06. The summed E-state index contributed by atoms with van der Waals surface area (Å²) >= 11 is 0. The lowest BCUT2D eigenvalue weighted by Crippen LogP contribution is -2.44. The number of piperazine rings is 1. The van der Waals surface area contributed by atoms with Crippen molar-refractivity contribution in [3.63, 3.8) is 0 Å². The van der Waals surface area contributed by atoms with Gasteiger partial charge in [0.2, 0.25) is 0 Å². The van der Waals surface area contributed by atoms with E-state index in [4.69, 9.17) is 4.74 Å². The van der Waals surface area contributed by atoms with Gasteiger partial charge in [-0.25, -0.2) is 0 Å². The molecule has 3 nitrogen and oxygen atoms in total. The topological polar surface area (TPSA) is 15.7 Å². The quantitative estimate of drug-likeness (QED) is 0.682. The lowest BCUT2D eigenvalue weighted by molar-refractivity contribution is 0.149. The zero-order valence-corrected chi connectivity index (χ0v) is 14.6. The van der Waals surface area contributed by atoms with E-state index in [1.807, 2.05) is 0 Å². The van der Waals surface area contributed by atoms with Crippen LogP contribution in [0.1, 0.15) is 44.6 Å². The van der Waals surface area contributed by atoms with Gasteiger partial charge in [0.05, 0.1) is 6.61 Å². The third-order valence-corrected chi connectivity index (χ3v) is 4.78. The van der Waals surface area contributed by atoms with Crippen molar-refractivity contribution in [1.82, 2.24) is 9.80 Å². The van der Waals surface area contributed by atoms with Gasteiger partial charge in [0.15, 0.2) is 0 Å². The minimum atomic E-state index is 0.571. The minimum Gasteiger partial charge on any atom is -0.493 e. The van der Waals surface area contributed by atoms with Crippen LogP contribution in [0.25, 0.3) is 0 Å². The third-order valence-electron chi connectivity index (χ3n) is 4.78. The second kappa shape index (κ2) is 9.16. The molecule has 0 N–H and O–H groups in total. The fourth-order valence-electron chi connectivity index (χ4n) is 2.93. The Morgan fingerprint density at radius 3 is 2.55 bits per heavy atom. The normalized spacial score (nSPS) is 18.3. The molecule has 1 atom stereocenters. The fraction of sp³-hybridized carbons (Fsp3) is 0.684. The number of likely N-dealkylation sites (N-methyl/N-ethyl adjacent to an activating group) is 1. The molecular weight excluding hydrogens is 272 g/mol. The number of para-hydroxylation sites is 1. The maximum absolute atomic E-state index is 6.04. The van der Waals surface area contributed by atoms with Crippen molar-refractivity contribution in [1.29, 1.82) is 0 Å². The molecule has 3 heteroatoms. The molecule has 1 saturated heterocycles. The van der Waals surface area contributed by atoms with Crippen LogP contribution < -0.4 is 4.74 Å². The molecule has 1 heterocycles. The van der Waals surface area contributed by atoms with Crippen LogP contribution in [0.3, 0.4) is 0 Å². The summed E-state index contributed by atoms with van der Waals surface area (Å²) in [5, 5.41) is 0. The average Bonchev–Trinajstić information content (AvgIpc) is 2.56. The van der Waals surface area contributed by atoms with Crippen LogP contribution in [-0.4, -0.2) is 56.2 Å². The van der Waals surface area contributed by atoms with Gasteiger partial charge in [0.25, 0.3) is 0 Å². The van der Waals surface area contributed by atoms with Crippen LogP contribution in [0.2, 0.25) is 0 Å². The highest BCUT2D eigenvalue weighted by atomic mass is 16.5. The van der Waals surface area contributed by atoms with Crippen molar-refractivity contribution in [2.75, 3.05) is 46.4 Å². The molecule has 0 bridgehead atoms. The number of hydrogen-bond acceptors (Lipinski definition) is 3. The summed E-state index contributed by atoms with van der Waals surface area (Å²) in [6.45, 7) is 11.4. The van der Waals surface area contributed by atoms with Gasteiger partial charge in [-0.05, 0) is 50.4 Å². The summed E-state index contributed by atoms with van der Waals surface area (Å²) in [5.41, 5.74) is 1.35. The maximum atomic E-state index is 6.04. The fourth-order valence-corrected chi connectivity index (χ4v) is 2.93. The smallest absolute Gasteiger partial charge is 0.122 e. The molecule has 124 valence electrons. The van der Waals surface area contributed by atoms with Crippen LogP contribution in [0.15, 0.2) is 24.3 Å². The molecule has 0 unspecified atom stereocenters. The van der Waals surface area contributed by atoms with Gasteiger partial charge >= 0.3 is 0 Å². The molecule has 0 amide bonds. The Labute approximate surface area is 136 Å². The first kappa shape index (κ1) is 17.3. The van der Waals surface area contributed by atoms with Crippen LogP contribution in [0.5, 0.6) is 5.75 Å². The first-order chi connectivity index (χ1) is 10.7. The van der Waals surface area contributed by atoms with E-state index in [-0.39, 0.29) is 0 Å². The highest BCUT2D eigenvalue weighted by Gasteiger charge is 2.13. The van der Waals surface area contributed by atoms with E-state index >= 15 is 0 Å². The molecule has 1 fully saturated rings. The van der Waals surface area contributed by atoms with E-state index in [2.05, 4.69) is 55.0 Å². The third kappa shape index (κ3) is 5.29. The molecule has 1 aromatic carbocycles. The average molecular weight is 304 g/mol. The van der Waals surface area contributed by atoms with Crippen molar-refractivity contribution < 1.29 is 4.74 Å². The maximum Gasteiger partial charge on any atom is 0.122 e. The van der Waals surface area contributed by atoms with Crippen LogP contribution in [-0.2, 0) is 0 Å². The molecule has 0 spiro atoms. The molecule has 22 heavy (non-hydrogen) atoms. The molecule has 0 saturated carbocycles. The van der Waals surface area contributed by atoms with Gasteiger partial charge in [-0.3, -0.25) is 0 Å². The van der Waals surface area contributed by atoms with E-state index in [1.54, 1.807) is 0 Å². The minimum absolute atomic E-state index is 0.571. The summed E-state index contributed by atoms with van der Waals surface area (Å²) < 4.78 is 6.04. The Kier molecular flexibility index (Phi) is 7.20. The number of hydrogen-bond donors (Lipinski definition) is 0. The standard InChI is InChI=1S/C19H32N2O/c1-4-17(2)18-9-5-6-10-19(18)22-16-8-7-11-21-14-12-20(3)13-15-21/h5-6,9-10,17H,4,7-8,11-16H2,1-3H3/t17-/m0/s1. The van der Waals surface area contributed by atoms with Crippen LogP contribution in [0, 0.1) is 0 Å². The second-order valence-electron chi connectivity index (χ2n) is 6.55. The van der Waals surface area contributed by atoms with Gasteiger partial charge in [-0.1, -0.05) is 32.0 Å². The zero-order chi connectivity index (χ0) is 15.8. The van der Waals surface area contributed by atoms with Crippen molar-refractivity contribution in [2.45, 2.75) is 39.0 Å². The van der Waals surface area contributed by atoms with Crippen LogP contribution in [0.4, 0.5) is 0 Å². The van der Waals surface area contributed by atoms with Gasteiger partial charge in [0.1, 0.15) is 5.75 Å². The Bertz CT molecular complexity index is 427. The monoisotopic (exact) mass is 304 g/mol. The summed E-state index contributed by atoms with van der Waals surface area (Å²) in [7, 11) is 2.21. The van der Waals surface area contributed by atoms with E-state index in [9.17, 15) is 0 Å². The molecule has 1 aliphatic rings. The summed E-state index contributed by atoms with van der Waals surface area (Å²) in [6.07, 6.45) is 3.53. The first-order valence-corrected chi connectivity index (χ1v) is 8.83. The zero-order valence-electron chi connectivity index (χ0n) is 14.6. The van der Waals surface area contributed by atoms with Gasteiger partial charge in [-0.2, -0.15) is 0 Å². The predicted octanol–water partition coefficient (Wildman–Crippen LogP) is 3.61. The SMILES string of the molecule is CC[C@H](C)c1ccccc1OCCCCN1CCN(C)CC1. The first-order valence-electron chi connectivity index (χ1n) is 8.83. The molecule has 2 rings (SSSR count). The van der Waals surface area contributed by atoms with Crippen molar-refractivity contribution >= 4 is 0 Å². The van der Waals surface area contributed by atoms with E-state index in [0.29, 0.717) is 5.92 Å². The molecule has 0 aromatic heterocycles. The number of nitrogens with zero attached hydrogens (tertiary/aromatic N) is 2. The van der Waals surface area contributed by atoms with E-state index in [0.717, 1.165) is 25.2 Å². The summed E-state index contributed by atoms with van der Waals surface area (Å²) in [4.78, 5) is 4.98. The predicted molar refractivity (Wildman–Crippen MR) is 93.8 cm³/mol. The van der Waals surface area contributed by atoms with Crippen LogP contribution >= 0.6 is 0 Å². The number of unbranched alkanes of at least 4 members (excludes halogenated alkanes) is 1. The number of benzene rings is 1. The number of rotatable bonds is 8. The second-order valence-corrected chi connectivity index (χ2v) is 6.55. The molecule has 0 aliphatic carbocycles. The lowest BCUT2D eigenvalue weighted by Gasteiger charge is -2.32. The highest BCUT2D eigenvalue weighted by Crippen LogP contribution is 2.28. The summed E-state index contributed by atoms with van der Waals surface area (Å²) in [6, 6.07) is 8.50. The lowest BCUT2D eigenvalue weighted by atomic mass is 9.98. The largest absolute Gasteiger partial charge is 0.493 e. The Morgan fingerprint density at radius 2 is 1.82 bits per heavy atom. The van der Waals surface area contributed by atoms with Gasteiger partial charge in [0, 0.05) is 26.2 Å². The Balaban J connectivity index is 1.66.